The molecule has 0 saturated heterocycles. The van der Waals surface area contributed by atoms with Gasteiger partial charge in [0.25, 0.3) is 0 Å². The Hall–Kier alpha value is -2.09. The maximum Gasteiger partial charge on any atom is 0.145 e. The normalized spacial score (nSPS) is 38.4. The second-order valence-electron chi connectivity index (χ2n) is 13.7. The minimum absolute atomic E-state index is 0.00407. The molecular formula is C36H53NO5. The molecule has 0 aromatic rings. The number of nitrogens with one attached hydrogen (secondary N) is 1. The number of hydrogen-bond acceptors (Lipinski definition) is 6. The van der Waals surface area contributed by atoms with E-state index < -0.39 is 22.0 Å². The second kappa shape index (κ2) is 12.9. The van der Waals surface area contributed by atoms with E-state index in [0.717, 1.165) is 35.8 Å². The topological polar surface area (TPSA) is 110 Å². The van der Waals surface area contributed by atoms with Crippen LogP contribution in [0.4, 0.5) is 0 Å². The van der Waals surface area contributed by atoms with E-state index in [4.69, 9.17) is 0 Å². The molecule has 232 valence electrons. The Morgan fingerprint density at radius 3 is 2.55 bits per heavy atom. The maximum absolute atomic E-state index is 13.1. The van der Waals surface area contributed by atoms with E-state index >= 15 is 0 Å². The van der Waals surface area contributed by atoms with Crippen molar-refractivity contribution in [2.45, 2.75) is 89.8 Å². The summed E-state index contributed by atoms with van der Waals surface area (Å²) in [5.41, 5.74) is 0.888. The smallest absolute Gasteiger partial charge is 0.145 e. The van der Waals surface area contributed by atoms with Crippen LogP contribution in [0, 0.1) is 28.6 Å². The molecule has 0 heterocycles. The van der Waals surface area contributed by atoms with Crippen LogP contribution in [0.25, 0.3) is 0 Å². The Labute approximate surface area is 252 Å². The number of aliphatic hydroxyl groups excluding tert-OH is 2. The van der Waals surface area contributed by atoms with Crippen LogP contribution in [0.3, 0.4) is 0 Å². The molecule has 2 bridgehead atoms. The molecule has 7 atom stereocenters. The first kappa shape index (κ1) is 32.8. The van der Waals surface area contributed by atoms with Crippen LogP contribution in [-0.2, 0) is 4.79 Å². The number of allylic oxidation sites excluding steroid dienone is 10. The van der Waals surface area contributed by atoms with Crippen molar-refractivity contribution >= 4 is 6.29 Å². The Kier molecular flexibility index (Phi) is 10.1. The van der Waals surface area contributed by atoms with Gasteiger partial charge in [-0.2, -0.15) is 0 Å². The zero-order valence-electron chi connectivity index (χ0n) is 26.2. The van der Waals surface area contributed by atoms with Gasteiger partial charge in [0.2, 0.25) is 0 Å². The first-order valence-electron chi connectivity index (χ1n) is 15.8. The van der Waals surface area contributed by atoms with Crippen LogP contribution >= 0.6 is 0 Å². The third-order valence-electron chi connectivity index (χ3n) is 11.3. The minimum Gasteiger partial charge on any atom is -0.396 e. The first-order valence-corrected chi connectivity index (χ1v) is 15.8. The highest BCUT2D eigenvalue weighted by atomic mass is 16.3. The summed E-state index contributed by atoms with van der Waals surface area (Å²) < 4.78 is 0. The average molecular weight is 580 g/mol. The predicted molar refractivity (Wildman–Crippen MR) is 169 cm³/mol. The average Bonchev–Trinajstić information content (AvgIpc) is 3.27. The number of rotatable bonds is 13. The van der Waals surface area contributed by atoms with Crippen molar-refractivity contribution in [3.8, 4) is 0 Å². The zero-order chi connectivity index (χ0) is 30.8. The third kappa shape index (κ3) is 5.28. The van der Waals surface area contributed by atoms with E-state index in [1.807, 2.05) is 32.2 Å². The molecule has 4 rings (SSSR count). The maximum atomic E-state index is 13.1. The van der Waals surface area contributed by atoms with Gasteiger partial charge in [0, 0.05) is 29.8 Å². The van der Waals surface area contributed by atoms with Gasteiger partial charge in [0.15, 0.2) is 0 Å². The number of carbonyl (C=O) groups excluding carboxylic acids is 1. The van der Waals surface area contributed by atoms with Gasteiger partial charge in [0.1, 0.15) is 6.29 Å². The molecule has 0 radical (unpaired) electrons. The van der Waals surface area contributed by atoms with Crippen molar-refractivity contribution in [2.24, 2.45) is 28.6 Å². The number of hydrogen-bond donors (Lipinski definition) is 5. The lowest BCUT2D eigenvalue weighted by Crippen LogP contribution is -2.73. The summed E-state index contributed by atoms with van der Waals surface area (Å²) >= 11 is 0. The van der Waals surface area contributed by atoms with Crippen molar-refractivity contribution in [2.75, 3.05) is 26.8 Å². The summed E-state index contributed by atoms with van der Waals surface area (Å²) in [6, 6.07) is 0. The molecule has 4 aliphatic rings. The van der Waals surface area contributed by atoms with Crippen LogP contribution < -0.4 is 5.32 Å². The predicted octanol–water partition coefficient (Wildman–Crippen LogP) is 5.12. The molecule has 0 amide bonds. The molecule has 3 saturated carbocycles. The van der Waals surface area contributed by atoms with Gasteiger partial charge in [-0.15, -0.1) is 0 Å². The summed E-state index contributed by atoms with van der Waals surface area (Å²) in [6.45, 7) is 10.6. The Morgan fingerprint density at radius 2 is 1.90 bits per heavy atom. The fraction of sp³-hybridized carbons (Fsp3) is 0.639. The fourth-order valence-electron chi connectivity index (χ4n) is 9.51. The van der Waals surface area contributed by atoms with E-state index in [1.165, 1.54) is 5.57 Å². The number of aliphatic hydroxyl groups is 4. The van der Waals surface area contributed by atoms with Gasteiger partial charge < -0.3 is 25.7 Å². The summed E-state index contributed by atoms with van der Waals surface area (Å²) in [4.78, 5) is 12.3. The molecule has 6 heteroatoms. The summed E-state index contributed by atoms with van der Waals surface area (Å²) in [6.07, 6.45) is 18.9. The van der Waals surface area contributed by atoms with E-state index in [0.29, 0.717) is 57.1 Å². The van der Waals surface area contributed by atoms with Crippen LogP contribution in [-0.4, -0.2) is 64.7 Å². The standard InChI is InChI=1S/C36H53NO5/c1-25(2)8-6-9-26(3)10-7-11-29(24-40)30-13-15-35-32-31(27(4)23-39)28(22-34(35,41)18-20-37-5)12-14-33(32,19-21-38)16-17-36(30,35)42/h7-8,10-12,14,23,28,30,32,37-38,40-42H,3,6,9,13,15-22,24H2,1-2,4-5H3/b10-7+,29-11-,31-27-/t28-,30+,32+,33-,34-,35+,36-/m1/s1. The minimum atomic E-state index is -1.29. The van der Waals surface area contributed by atoms with Crippen LogP contribution in [0.1, 0.15) is 78.6 Å². The summed E-state index contributed by atoms with van der Waals surface area (Å²) in [7, 11) is 1.87. The SMILES string of the molecule is C=C(/C=C/C=C(/CO)[C@@H]1CC[C@@]23[C@H]4/C(=C(/C)C=O)[C@H](C=C[C@]4(CCO)CC[C@@]12O)C[C@]3(O)CCNC)CCC=C(C)C. The molecular weight excluding hydrogens is 526 g/mol. The molecule has 42 heavy (non-hydrogen) atoms. The highest BCUT2D eigenvalue weighted by molar-refractivity contribution is 5.75. The van der Waals surface area contributed by atoms with Crippen molar-refractivity contribution in [1.29, 1.82) is 0 Å². The Bertz CT molecular complexity index is 1190. The largest absolute Gasteiger partial charge is 0.396 e. The lowest BCUT2D eigenvalue weighted by molar-refractivity contribution is -0.270. The molecule has 0 unspecified atom stereocenters. The quantitative estimate of drug-likeness (QED) is 0.0897. The van der Waals surface area contributed by atoms with Crippen molar-refractivity contribution in [3.05, 3.63) is 70.9 Å². The van der Waals surface area contributed by atoms with Gasteiger partial charge in [-0.05, 0) is 109 Å². The molecule has 5 N–H and O–H groups in total. The highest BCUT2D eigenvalue weighted by Gasteiger charge is 2.78. The highest BCUT2D eigenvalue weighted by Crippen LogP contribution is 2.77. The second-order valence-corrected chi connectivity index (χ2v) is 13.7. The Morgan fingerprint density at radius 1 is 1.14 bits per heavy atom. The van der Waals surface area contributed by atoms with Crippen molar-refractivity contribution in [3.63, 3.8) is 0 Å². The summed E-state index contributed by atoms with van der Waals surface area (Å²) in [5.74, 6) is -0.698. The van der Waals surface area contributed by atoms with Gasteiger partial charge in [-0.3, -0.25) is 4.79 Å². The monoisotopic (exact) mass is 579 g/mol. The number of carbonyl (C=O) groups is 1. The van der Waals surface area contributed by atoms with Crippen molar-refractivity contribution in [1.82, 2.24) is 5.32 Å². The van der Waals surface area contributed by atoms with Gasteiger partial charge in [-0.25, -0.2) is 0 Å². The number of fused-ring (bicyclic) bond motifs is 1. The molecule has 4 aliphatic carbocycles. The van der Waals surface area contributed by atoms with Gasteiger partial charge >= 0.3 is 0 Å². The number of aldehydes is 1. The van der Waals surface area contributed by atoms with Crippen LogP contribution in [0.2, 0.25) is 0 Å². The molecule has 0 aliphatic heterocycles. The van der Waals surface area contributed by atoms with Crippen molar-refractivity contribution < 1.29 is 25.2 Å². The molecule has 0 aromatic carbocycles. The van der Waals surface area contributed by atoms with Gasteiger partial charge in [0.05, 0.1) is 17.8 Å². The first-order chi connectivity index (χ1) is 20.0. The zero-order valence-corrected chi connectivity index (χ0v) is 26.2. The molecule has 3 fully saturated rings. The molecule has 6 nitrogen and oxygen atoms in total. The molecule has 1 spiro atoms. The summed E-state index contributed by atoms with van der Waals surface area (Å²) in [5, 5.41) is 50.0. The lowest BCUT2D eigenvalue weighted by Gasteiger charge is -2.70. The third-order valence-corrected chi connectivity index (χ3v) is 11.3. The van der Waals surface area contributed by atoms with Crippen LogP contribution in [0.5, 0.6) is 0 Å². The fourth-order valence-corrected chi connectivity index (χ4v) is 9.51. The van der Waals surface area contributed by atoms with E-state index in [-0.39, 0.29) is 31.0 Å². The Balaban J connectivity index is 1.82. The van der Waals surface area contributed by atoms with E-state index in [2.05, 4.69) is 44.0 Å². The van der Waals surface area contributed by atoms with E-state index in [1.54, 1.807) is 0 Å². The van der Waals surface area contributed by atoms with Crippen LogP contribution in [0.15, 0.2) is 70.9 Å². The van der Waals surface area contributed by atoms with Gasteiger partial charge in [-0.1, -0.05) is 59.8 Å². The molecule has 0 aromatic heterocycles. The lowest BCUT2D eigenvalue weighted by atomic mass is 9.35. The van der Waals surface area contributed by atoms with E-state index in [9.17, 15) is 25.2 Å².